The average molecular weight is 302 g/mol. The number of carbonyl (C=O) groups excluding carboxylic acids is 2. The maximum absolute atomic E-state index is 12.9. The Bertz CT molecular complexity index is 606. The van der Waals surface area contributed by atoms with E-state index in [0.717, 1.165) is 31.2 Å². The van der Waals surface area contributed by atoms with Crippen molar-refractivity contribution in [1.29, 1.82) is 0 Å². The maximum atomic E-state index is 12.9. The summed E-state index contributed by atoms with van der Waals surface area (Å²) in [4.78, 5) is 27.1. The number of nitrogens with zero attached hydrogens (tertiary/aromatic N) is 1. The summed E-state index contributed by atoms with van der Waals surface area (Å²) in [7, 11) is 0. The summed E-state index contributed by atoms with van der Waals surface area (Å²) in [6.45, 7) is 4.92. The quantitative estimate of drug-likeness (QED) is 0.811. The van der Waals surface area contributed by atoms with Gasteiger partial charge >= 0.3 is 0 Å². The molecular formula is C17H22N2O3. The highest BCUT2D eigenvalue weighted by Crippen LogP contribution is 2.35. The van der Waals surface area contributed by atoms with Gasteiger partial charge < -0.3 is 15.0 Å². The molecule has 118 valence electrons. The molecule has 2 aliphatic heterocycles. The fraction of sp³-hybridized carbons (Fsp3) is 0.529. The van der Waals surface area contributed by atoms with Crippen LogP contribution in [0.25, 0.3) is 0 Å². The predicted octanol–water partition coefficient (Wildman–Crippen LogP) is 2.49. The van der Waals surface area contributed by atoms with Gasteiger partial charge in [-0.05, 0) is 44.4 Å². The van der Waals surface area contributed by atoms with Crippen LogP contribution in [-0.2, 0) is 9.59 Å². The second kappa shape index (κ2) is 5.63. The molecular weight excluding hydrogens is 280 g/mol. The summed E-state index contributed by atoms with van der Waals surface area (Å²) >= 11 is 0. The van der Waals surface area contributed by atoms with Crippen molar-refractivity contribution in [3.63, 3.8) is 0 Å². The Morgan fingerprint density at radius 3 is 2.59 bits per heavy atom. The van der Waals surface area contributed by atoms with Crippen LogP contribution in [-0.4, -0.2) is 35.4 Å². The minimum Gasteiger partial charge on any atom is -0.466 e. The second-order valence-electron chi connectivity index (χ2n) is 6.30. The van der Waals surface area contributed by atoms with Crippen molar-refractivity contribution >= 4 is 17.5 Å². The normalized spacial score (nSPS) is 24.8. The molecule has 0 bridgehead atoms. The van der Waals surface area contributed by atoms with Crippen molar-refractivity contribution < 1.29 is 14.3 Å². The average Bonchev–Trinajstić information content (AvgIpc) is 2.77. The van der Waals surface area contributed by atoms with E-state index in [1.165, 1.54) is 0 Å². The SMILES string of the molecule is Cc1ccc2c(c1)NC(=O)C(C)(C(=O)N1CCCCCC1)O2. The van der Waals surface area contributed by atoms with E-state index >= 15 is 0 Å². The van der Waals surface area contributed by atoms with Crippen LogP contribution in [0.4, 0.5) is 5.69 Å². The van der Waals surface area contributed by atoms with Crippen molar-refractivity contribution in [2.75, 3.05) is 18.4 Å². The molecule has 1 N–H and O–H groups in total. The number of rotatable bonds is 1. The smallest absolute Gasteiger partial charge is 0.278 e. The van der Waals surface area contributed by atoms with Gasteiger partial charge in [-0.2, -0.15) is 0 Å². The Morgan fingerprint density at radius 2 is 1.91 bits per heavy atom. The summed E-state index contributed by atoms with van der Waals surface area (Å²) in [5, 5.41) is 2.82. The number of hydrogen-bond donors (Lipinski definition) is 1. The Labute approximate surface area is 130 Å². The van der Waals surface area contributed by atoms with Gasteiger partial charge in [-0.25, -0.2) is 0 Å². The first-order valence-corrected chi connectivity index (χ1v) is 7.91. The molecule has 1 aromatic carbocycles. The highest BCUT2D eigenvalue weighted by Gasteiger charge is 2.49. The first-order valence-electron chi connectivity index (χ1n) is 7.91. The zero-order valence-electron chi connectivity index (χ0n) is 13.1. The van der Waals surface area contributed by atoms with Gasteiger partial charge in [0.25, 0.3) is 17.4 Å². The number of anilines is 1. The van der Waals surface area contributed by atoms with Crippen molar-refractivity contribution in [2.24, 2.45) is 0 Å². The Kier molecular flexibility index (Phi) is 3.81. The molecule has 1 atom stereocenters. The first-order chi connectivity index (χ1) is 10.5. The van der Waals surface area contributed by atoms with Crippen molar-refractivity contribution in [1.82, 2.24) is 4.90 Å². The summed E-state index contributed by atoms with van der Waals surface area (Å²) in [5.41, 5.74) is 0.184. The highest BCUT2D eigenvalue weighted by molar-refractivity contribution is 6.15. The molecule has 0 saturated carbocycles. The molecule has 5 heteroatoms. The largest absolute Gasteiger partial charge is 0.466 e. The summed E-state index contributed by atoms with van der Waals surface area (Å²) in [6.07, 6.45) is 4.24. The summed E-state index contributed by atoms with van der Waals surface area (Å²) in [5.74, 6) is -0.0751. The number of hydrogen-bond acceptors (Lipinski definition) is 3. The molecule has 0 aliphatic carbocycles. The first kappa shape index (κ1) is 14.9. The van der Waals surface area contributed by atoms with E-state index in [-0.39, 0.29) is 11.8 Å². The highest BCUT2D eigenvalue weighted by atomic mass is 16.5. The number of likely N-dealkylation sites (tertiary alicyclic amines) is 1. The number of amides is 2. The molecule has 1 fully saturated rings. The van der Waals surface area contributed by atoms with E-state index < -0.39 is 5.60 Å². The lowest BCUT2D eigenvalue weighted by atomic mass is 10.00. The standard InChI is InChI=1S/C17H22N2O3/c1-12-7-8-14-13(11-12)18-15(20)17(2,22-14)16(21)19-9-5-3-4-6-10-19/h7-8,11H,3-6,9-10H2,1-2H3,(H,18,20). The van der Waals surface area contributed by atoms with E-state index in [0.29, 0.717) is 24.5 Å². The zero-order chi connectivity index (χ0) is 15.7. The number of nitrogens with one attached hydrogen (secondary N) is 1. The van der Waals surface area contributed by atoms with E-state index in [9.17, 15) is 9.59 Å². The van der Waals surface area contributed by atoms with Crippen LogP contribution in [0, 0.1) is 6.92 Å². The van der Waals surface area contributed by atoms with E-state index in [1.807, 2.05) is 19.1 Å². The maximum Gasteiger partial charge on any atom is 0.278 e. The van der Waals surface area contributed by atoms with Crippen molar-refractivity contribution in [3.05, 3.63) is 23.8 Å². The van der Waals surface area contributed by atoms with Gasteiger partial charge in [0.05, 0.1) is 5.69 Å². The lowest BCUT2D eigenvalue weighted by Gasteiger charge is -2.36. The fourth-order valence-electron chi connectivity index (χ4n) is 3.05. The fourth-order valence-corrected chi connectivity index (χ4v) is 3.05. The van der Waals surface area contributed by atoms with Gasteiger partial charge in [-0.3, -0.25) is 9.59 Å². The molecule has 3 rings (SSSR count). The topological polar surface area (TPSA) is 58.6 Å². The monoisotopic (exact) mass is 302 g/mol. The van der Waals surface area contributed by atoms with Crippen LogP contribution >= 0.6 is 0 Å². The van der Waals surface area contributed by atoms with Gasteiger partial charge in [-0.1, -0.05) is 18.9 Å². The number of carbonyl (C=O) groups is 2. The third-order valence-electron chi connectivity index (χ3n) is 4.43. The van der Waals surface area contributed by atoms with E-state index in [2.05, 4.69) is 5.32 Å². The Morgan fingerprint density at radius 1 is 1.23 bits per heavy atom. The van der Waals surface area contributed by atoms with Crippen LogP contribution in [0.5, 0.6) is 5.75 Å². The lowest BCUT2D eigenvalue weighted by Crippen LogP contribution is -2.59. The number of aryl methyl sites for hydroxylation is 1. The second-order valence-corrected chi connectivity index (χ2v) is 6.30. The van der Waals surface area contributed by atoms with Gasteiger partial charge in [0, 0.05) is 13.1 Å². The molecule has 1 aromatic rings. The molecule has 2 aliphatic rings. The predicted molar refractivity (Wildman–Crippen MR) is 83.9 cm³/mol. The van der Waals surface area contributed by atoms with Gasteiger partial charge in [0.15, 0.2) is 0 Å². The minimum absolute atomic E-state index is 0.238. The van der Waals surface area contributed by atoms with Crippen LogP contribution in [0.3, 0.4) is 0 Å². The van der Waals surface area contributed by atoms with E-state index in [1.54, 1.807) is 17.9 Å². The molecule has 1 saturated heterocycles. The summed E-state index contributed by atoms with van der Waals surface area (Å²) < 4.78 is 5.84. The lowest BCUT2D eigenvalue weighted by molar-refractivity contribution is -0.154. The van der Waals surface area contributed by atoms with Crippen LogP contribution < -0.4 is 10.1 Å². The van der Waals surface area contributed by atoms with E-state index in [4.69, 9.17) is 4.74 Å². The number of fused-ring (bicyclic) bond motifs is 1. The van der Waals surface area contributed by atoms with Crippen molar-refractivity contribution in [3.8, 4) is 5.75 Å². The molecule has 5 nitrogen and oxygen atoms in total. The Balaban J connectivity index is 1.87. The van der Waals surface area contributed by atoms with Crippen LogP contribution in [0.1, 0.15) is 38.2 Å². The molecule has 2 amide bonds. The van der Waals surface area contributed by atoms with Crippen molar-refractivity contribution in [2.45, 2.75) is 45.1 Å². The van der Waals surface area contributed by atoms with Crippen LogP contribution in [0.15, 0.2) is 18.2 Å². The molecule has 22 heavy (non-hydrogen) atoms. The number of benzene rings is 1. The number of ether oxygens (including phenoxy) is 1. The molecule has 2 heterocycles. The third kappa shape index (κ3) is 2.56. The van der Waals surface area contributed by atoms with Gasteiger partial charge in [0.2, 0.25) is 0 Å². The van der Waals surface area contributed by atoms with Crippen LogP contribution in [0.2, 0.25) is 0 Å². The minimum atomic E-state index is -1.48. The Hall–Kier alpha value is -2.04. The molecule has 0 radical (unpaired) electrons. The summed E-state index contributed by atoms with van der Waals surface area (Å²) in [6, 6.07) is 5.56. The molecule has 0 aromatic heterocycles. The third-order valence-corrected chi connectivity index (χ3v) is 4.43. The van der Waals surface area contributed by atoms with Gasteiger partial charge in [-0.15, -0.1) is 0 Å². The van der Waals surface area contributed by atoms with Gasteiger partial charge in [0.1, 0.15) is 5.75 Å². The molecule has 0 spiro atoms. The molecule has 1 unspecified atom stereocenters. The zero-order valence-corrected chi connectivity index (χ0v) is 13.1.